The molecule has 0 saturated carbocycles. The summed E-state index contributed by atoms with van der Waals surface area (Å²) in [7, 11) is 0. The van der Waals surface area contributed by atoms with Crippen LogP contribution in [-0.4, -0.2) is 47.5 Å². The average molecular weight is 439 g/mol. The molecule has 178 valence electrons. The van der Waals surface area contributed by atoms with Crippen molar-refractivity contribution in [2.24, 2.45) is 0 Å². The molecule has 1 amide bonds. The molecule has 0 aromatic rings. The molecule has 0 aliphatic carbocycles. The molecular weight excluding hydrogens is 396 g/mol. The van der Waals surface area contributed by atoms with Crippen LogP contribution >= 0.6 is 0 Å². The molecule has 0 atom stereocenters. The van der Waals surface area contributed by atoms with Crippen LogP contribution in [-0.2, 0) is 19.1 Å². The van der Waals surface area contributed by atoms with Crippen molar-refractivity contribution in [3.63, 3.8) is 0 Å². The van der Waals surface area contributed by atoms with Crippen molar-refractivity contribution < 1.29 is 24.2 Å². The van der Waals surface area contributed by atoms with Gasteiger partial charge in [-0.15, -0.1) is 0 Å². The number of hydrogen-bond acceptors (Lipinski definition) is 5. The number of nitrogens with one attached hydrogen (secondary N) is 1. The number of unbranched alkanes of at least 4 members (excludes halogenated alkanes) is 6. The zero-order chi connectivity index (χ0) is 23.9. The molecule has 7 heteroatoms. The van der Waals surface area contributed by atoms with E-state index in [1.807, 2.05) is 0 Å². The molecule has 0 heterocycles. The Bertz CT molecular complexity index is 570. The number of carbonyl (C=O) groups excluding carboxylic acids is 2. The van der Waals surface area contributed by atoms with Gasteiger partial charge in [0.1, 0.15) is 0 Å². The number of aliphatic carboxylic acids is 1. The molecule has 31 heavy (non-hydrogen) atoms. The van der Waals surface area contributed by atoms with E-state index in [-0.39, 0.29) is 11.9 Å². The third-order valence-electron chi connectivity index (χ3n) is 4.20. The molecule has 7 nitrogen and oxygen atoms in total. The van der Waals surface area contributed by atoms with Crippen LogP contribution in [0.5, 0.6) is 0 Å². The topological polar surface area (TPSA) is 95.9 Å². The molecule has 0 saturated heterocycles. The summed E-state index contributed by atoms with van der Waals surface area (Å²) in [6, 6.07) is 0. The first-order valence-electron chi connectivity index (χ1n) is 11.2. The Balaban J connectivity index is 0. The van der Waals surface area contributed by atoms with Crippen molar-refractivity contribution in [1.29, 1.82) is 0 Å². The van der Waals surface area contributed by atoms with Crippen LogP contribution in [0.1, 0.15) is 79.1 Å². The summed E-state index contributed by atoms with van der Waals surface area (Å²) in [5, 5.41) is 11.6. The summed E-state index contributed by atoms with van der Waals surface area (Å²) in [6.45, 7) is 13.1. The van der Waals surface area contributed by atoms with E-state index in [0.29, 0.717) is 18.7 Å². The van der Waals surface area contributed by atoms with Gasteiger partial charge in [-0.25, -0.2) is 9.59 Å². The van der Waals surface area contributed by atoms with Crippen LogP contribution in [0.4, 0.5) is 0 Å². The first kappa shape index (κ1) is 30.6. The van der Waals surface area contributed by atoms with Gasteiger partial charge in [-0.05, 0) is 32.8 Å². The van der Waals surface area contributed by atoms with Gasteiger partial charge in [0.2, 0.25) is 5.91 Å². The standard InChI is InChI=1S/C14H23NO3.C10H19NO2/c1-3-5-6-7-8-9-11-15(13(16)4-2)12-10-14(17)18;1-4-6-7-11-8-9(3)10(12)13-5-2/h4,10,12H,2-3,5-9,11H2,1H3,(H,17,18);8,11H,4-7H2,1-3H3. The second kappa shape index (κ2) is 22.1. The molecule has 0 aromatic carbocycles. The van der Waals surface area contributed by atoms with E-state index in [1.165, 1.54) is 36.4 Å². The Kier molecular flexibility index (Phi) is 21.9. The lowest BCUT2D eigenvalue weighted by Crippen LogP contribution is -2.25. The summed E-state index contributed by atoms with van der Waals surface area (Å²) in [5.74, 6) is -1.56. The Labute approximate surface area is 188 Å². The molecule has 0 unspecified atom stereocenters. The van der Waals surface area contributed by atoms with E-state index < -0.39 is 5.97 Å². The Morgan fingerprint density at radius 3 is 2.16 bits per heavy atom. The first-order chi connectivity index (χ1) is 14.8. The van der Waals surface area contributed by atoms with Crippen molar-refractivity contribution in [1.82, 2.24) is 10.2 Å². The summed E-state index contributed by atoms with van der Waals surface area (Å²) in [5.41, 5.74) is 0.623. The molecule has 0 fully saturated rings. The highest BCUT2D eigenvalue weighted by atomic mass is 16.5. The molecule has 0 aliphatic rings. The fraction of sp³-hybridized carbons (Fsp3) is 0.625. The van der Waals surface area contributed by atoms with Crippen LogP contribution < -0.4 is 5.32 Å². The minimum Gasteiger partial charge on any atom is -0.478 e. The maximum absolute atomic E-state index is 11.5. The van der Waals surface area contributed by atoms with Crippen molar-refractivity contribution in [3.8, 4) is 0 Å². The quantitative estimate of drug-likeness (QED) is 0.204. The van der Waals surface area contributed by atoms with Gasteiger partial charge in [0.15, 0.2) is 0 Å². The Hall–Kier alpha value is -2.57. The van der Waals surface area contributed by atoms with Gasteiger partial charge in [-0.1, -0.05) is 59.0 Å². The van der Waals surface area contributed by atoms with E-state index >= 15 is 0 Å². The average Bonchev–Trinajstić information content (AvgIpc) is 2.75. The maximum Gasteiger partial charge on any atom is 0.335 e. The highest BCUT2D eigenvalue weighted by molar-refractivity contribution is 5.89. The fourth-order valence-electron chi connectivity index (χ4n) is 2.40. The lowest BCUT2D eigenvalue weighted by Gasteiger charge is -2.15. The maximum atomic E-state index is 11.5. The van der Waals surface area contributed by atoms with Crippen molar-refractivity contribution >= 4 is 17.8 Å². The smallest absolute Gasteiger partial charge is 0.335 e. The summed E-state index contributed by atoms with van der Waals surface area (Å²) in [6.07, 6.45) is 14.2. The lowest BCUT2D eigenvalue weighted by molar-refractivity contribution is -0.138. The highest BCUT2D eigenvalue weighted by Gasteiger charge is 2.06. The highest BCUT2D eigenvalue weighted by Crippen LogP contribution is 2.06. The van der Waals surface area contributed by atoms with Crippen LogP contribution in [0.25, 0.3) is 0 Å². The van der Waals surface area contributed by atoms with Gasteiger partial charge >= 0.3 is 11.9 Å². The van der Waals surface area contributed by atoms with E-state index in [9.17, 15) is 14.4 Å². The van der Waals surface area contributed by atoms with Crippen LogP contribution in [0.15, 0.2) is 36.7 Å². The van der Waals surface area contributed by atoms with Crippen molar-refractivity contribution in [3.05, 3.63) is 36.7 Å². The number of ether oxygens (including phenoxy) is 1. The van der Waals surface area contributed by atoms with Gasteiger partial charge < -0.3 is 20.1 Å². The fourth-order valence-corrected chi connectivity index (χ4v) is 2.40. The molecule has 0 radical (unpaired) electrons. The molecule has 0 bridgehead atoms. The van der Waals surface area contributed by atoms with Gasteiger partial charge in [0, 0.05) is 37.1 Å². The number of esters is 1. The molecule has 2 N–H and O–H groups in total. The first-order valence-corrected chi connectivity index (χ1v) is 11.2. The molecule has 0 rings (SSSR count). The van der Waals surface area contributed by atoms with Gasteiger partial charge in [0.25, 0.3) is 0 Å². The van der Waals surface area contributed by atoms with Crippen molar-refractivity contribution in [2.75, 3.05) is 19.7 Å². The van der Waals surface area contributed by atoms with Crippen LogP contribution in [0.3, 0.4) is 0 Å². The van der Waals surface area contributed by atoms with Crippen LogP contribution in [0.2, 0.25) is 0 Å². The Morgan fingerprint density at radius 2 is 1.61 bits per heavy atom. The van der Waals surface area contributed by atoms with Crippen molar-refractivity contribution in [2.45, 2.75) is 79.1 Å². The number of carboxylic acid groups (broad SMARTS) is 1. The third kappa shape index (κ3) is 20.5. The molecule has 0 aromatic heterocycles. The number of rotatable bonds is 16. The number of carboxylic acids is 1. The summed E-state index contributed by atoms with van der Waals surface area (Å²) in [4.78, 5) is 34.3. The molecule has 0 spiro atoms. The largest absolute Gasteiger partial charge is 0.478 e. The zero-order valence-electron chi connectivity index (χ0n) is 19.8. The minimum absolute atomic E-state index is 0.244. The third-order valence-corrected chi connectivity index (χ3v) is 4.20. The number of nitrogens with zero attached hydrogens (tertiary/aromatic N) is 1. The second-order valence-corrected chi connectivity index (χ2v) is 7.01. The molecular formula is C24H42N2O5. The van der Waals surface area contributed by atoms with E-state index in [2.05, 4.69) is 25.7 Å². The number of carbonyl (C=O) groups is 3. The van der Waals surface area contributed by atoms with Gasteiger partial charge in [-0.3, -0.25) is 4.79 Å². The number of amides is 1. The summed E-state index contributed by atoms with van der Waals surface area (Å²) < 4.78 is 4.81. The number of hydrogen-bond donors (Lipinski definition) is 2. The monoisotopic (exact) mass is 438 g/mol. The van der Waals surface area contributed by atoms with Crippen LogP contribution in [0, 0.1) is 0 Å². The van der Waals surface area contributed by atoms with Gasteiger partial charge in [-0.2, -0.15) is 0 Å². The normalized spacial score (nSPS) is 10.8. The van der Waals surface area contributed by atoms with Gasteiger partial charge in [0.05, 0.1) is 6.61 Å². The van der Waals surface area contributed by atoms with E-state index in [4.69, 9.17) is 9.84 Å². The predicted octanol–water partition coefficient (Wildman–Crippen LogP) is 4.80. The second-order valence-electron chi connectivity index (χ2n) is 7.01. The minimum atomic E-state index is -1.06. The van der Waals surface area contributed by atoms with E-state index in [0.717, 1.165) is 44.7 Å². The Morgan fingerprint density at radius 1 is 1.00 bits per heavy atom. The SMILES string of the molecule is C=CC(=O)N(C=CC(=O)O)CCCCCCCC.CCCCNC=C(C)C(=O)OCC. The lowest BCUT2D eigenvalue weighted by atomic mass is 10.1. The van der Waals surface area contributed by atoms with E-state index in [1.54, 1.807) is 20.0 Å². The zero-order valence-corrected chi connectivity index (χ0v) is 19.8. The molecule has 0 aliphatic heterocycles. The summed E-state index contributed by atoms with van der Waals surface area (Å²) >= 11 is 0. The predicted molar refractivity (Wildman–Crippen MR) is 125 cm³/mol.